The lowest BCUT2D eigenvalue weighted by Crippen LogP contribution is -2.42. The SMILES string of the molecule is C[C@@H](Nc1ncnc2[nH]c(-c3ccc(CN4CCC(NCCCCCCC(=O)NO)CC4)cc3)cc12)c1ccccc1. The highest BCUT2D eigenvalue weighted by Crippen LogP contribution is 2.29. The summed E-state index contributed by atoms with van der Waals surface area (Å²) in [6.45, 7) is 6.35. The predicted molar refractivity (Wildman–Crippen MR) is 167 cm³/mol. The highest BCUT2D eigenvalue weighted by Gasteiger charge is 2.19. The maximum absolute atomic E-state index is 11.0. The third kappa shape index (κ3) is 8.15. The van der Waals surface area contributed by atoms with E-state index < -0.39 is 0 Å². The second kappa shape index (κ2) is 14.9. The molecule has 3 heterocycles. The van der Waals surface area contributed by atoms with Gasteiger partial charge in [-0.1, -0.05) is 67.4 Å². The molecule has 1 aliphatic rings. The molecule has 1 amide bonds. The van der Waals surface area contributed by atoms with Gasteiger partial charge >= 0.3 is 0 Å². The fraction of sp³-hybridized carbons (Fsp3) is 0.424. The molecule has 222 valence electrons. The first-order valence-corrected chi connectivity index (χ1v) is 15.2. The zero-order valence-corrected chi connectivity index (χ0v) is 24.5. The molecule has 0 bridgehead atoms. The summed E-state index contributed by atoms with van der Waals surface area (Å²) in [5.41, 5.74) is 7.24. The van der Waals surface area contributed by atoms with E-state index in [0.717, 1.165) is 80.0 Å². The van der Waals surface area contributed by atoms with Crippen LogP contribution in [0.15, 0.2) is 67.0 Å². The summed E-state index contributed by atoms with van der Waals surface area (Å²) in [5.74, 6) is 0.537. The lowest BCUT2D eigenvalue weighted by atomic mass is 10.0. The Kier molecular flexibility index (Phi) is 10.5. The van der Waals surface area contributed by atoms with Crippen LogP contribution < -0.4 is 16.1 Å². The number of nitrogens with zero attached hydrogens (tertiary/aromatic N) is 3. The number of piperidine rings is 1. The molecule has 1 aliphatic heterocycles. The number of aromatic amines is 1. The second-order valence-corrected chi connectivity index (χ2v) is 11.3. The topological polar surface area (TPSA) is 118 Å². The normalized spacial score (nSPS) is 15.1. The number of nitrogens with one attached hydrogen (secondary N) is 4. The molecule has 0 saturated carbocycles. The largest absolute Gasteiger partial charge is 0.363 e. The van der Waals surface area contributed by atoms with Crippen LogP contribution in [0.3, 0.4) is 0 Å². The first-order valence-electron chi connectivity index (χ1n) is 15.2. The van der Waals surface area contributed by atoms with Crippen molar-refractivity contribution >= 4 is 22.8 Å². The Morgan fingerprint density at radius 3 is 2.55 bits per heavy atom. The lowest BCUT2D eigenvalue weighted by molar-refractivity contribution is -0.129. The van der Waals surface area contributed by atoms with E-state index in [1.165, 1.54) is 24.0 Å². The van der Waals surface area contributed by atoms with Crippen molar-refractivity contribution in [2.75, 3.05) is 25.0 Å². The number of amides is 1. The number of H-pyrrole nitrogens is 1. The molecular formula is C33H43N7O2. The number of rotatable bonds is 14. The summed E-state index contributed by atoms with van der Waals surface area (Å²) >= 11 is 0. The quantitative estimate of drug-likeness (QED) is 0.0739. The van der Waals surface area contributed by atoms with Gasteiger partial charge in [-0.2, -0.15) is 0 Å². The van der Waals surface area contributed by atoms with Crippen molar-refractivity contribution in [2.45, 2.75) is 70.5 Å². The number of carbonyl (C=O) groups excluding carboxylic acids is 1. The molecule has 1 fully saturated rings. The Morgan fingerprint density at radius 2 is 1.79 bits per heavy atom. The summed E-state index contributed by atoms with van der Waals surface area (Å²) in [5, 5.41) is 16.8. The van der Waals surface area contributed by atoms with Crippen LogP contribution in [0.2, 0.25) is 0 Å². The average Bonchev–Trinajstić information content (AvgIpc) is 3.47. The molecule has 1 atom stereocenters. The number of benzene rings is 2. The lowest BCUT2D eigenvalue weighted by Gasteiger charge is -2.32. The summed E-state index contributed by atoms with van der Waals surface area (Å²) in [6.07, 6.45) is 8.43. The van der Waals surface area contributed by atoms with Gasteiger partial charge in [0.05, 0.1) is 5.39 Å². The Balaban J connectivity index is 1.07. The van der Waals surface area contributed by atoms with Gasteiger partial charge in [-0.25, -0.2) is 15.4 Å². The number of unbranched alkanes of at least 4 members (excludes halogenated alkanes) is 3. The molecule has 4 aromatic rings. The van der Waals surface area contributed by atoms with E-state index in [9.17, 15) is 4.79 Å². The molecule has 2 aromatic carbocycles. The number of hydrogen-bond donors (Lipinski definition) is 5. The van der Waals surface area contributed by atoms with Gasteiger partial charge in [-0.3, -0.25) is 14.9 Å². The van der Waals surface area contributed by atoms with Crippen LogP contribution in [0, 0.1) is 0 Å². The van der Waals surface area contributed by atoms with Gasteiger partial charge in [0.15, 0.2) is 0 Å². The molecule has 9 nitrogen and oxygen atoms in total. The van der Waals surface area contributed by atoms with Crippen molar-refractivity contribution < 1.29 is 10.0 Å². The van der Waals surface area contributed by atoms with E-state index >= 15 is 0 Å². The maximum atomic E-state index is 11.0. The molecule has 5 rings (SSSR count). The van der Waals surface area contributed by atoms with Gasteiger partial charge in [-0.05, 0) is 75.0 Å². The Bertz CT molecular complexity index is 1400. The van der Waals surface area contributed by atoms with Crippen molar-refractivity contribution in [1.29, 1.82) is 0 Å². The molecule has 0 radical (unpaired) electrons. The number of aromatic nitrogens is 3. The van der Waals surface area contributed by atoms with Crippen LogP contribution in [-0.4, -0.2) is 56.6 Å². The zero-order chi connectivity index (χ0) is 29.1. The summed E-state index contributed by atoms with van der Waals surface area (Å²) in [6, 6.07) is 22.1. The molecule has 5 N–H and O–H groups in total. The van der Waals surface area contributed by atoms with Crippen LogP contribution in [0.1, 0.15) is 69.0 Å². The molecule has 0 aliphatic carbocycles. The van der Waals surface area contributed by atoms with Crippen molar-refractivity contribution in [3.8, 4) is 11.3 Å². The minimum absolute atomic E-state index is 0.133. The highest BCUT2D eigenvalue weighted by molar-refractivity contribution is 5.91. The highest BCUT2D eigenvalue weighted by atomic mass is 16.5. The number of fused-ring (bicyclic) bond motifs is 1. The van der Waals surface area contributed by atoms with Crippen LogP contribution in [0.25, 0.3) is 22.3 Å². The average molecular weight is 570 g/mol. The van der Waals surface area contributed by atoms with Gasteiger partial charge in [-0.15, -0.1) is 0 Å². The Labute approximate surface area is 248 Å². The van der Waals surface area contributed by atoms with Crippen molar-refractivity contribution in [1.82, 2.24) is 30.6 Å². The van der Waals surface area contributed by atoms with Crippen LogP contribution in [0.4, 0.5) is 5.82 Å². The van der Waals surface area contributed by atoms with Crippen molar-refractivity contribution in [2.24, 2.45) is 0 Å². The van der Waals surface area contributed by atoms with E-state index in [0.29, 0.717) is 12.5 Å². The standard InChI is InChI=1S/C33H43N7O2/c1-24(26-9-5-4-6-10-26)37-32-29-21-30(38-33(29)36-23-35-32)27-14-12-25(13-15-27)22-40-19-16-28(17-20-40)34-18-8-3-2-7-11-31(41)39-42/h4-6,9-10,12-15,21,23-24,28,34,42H,2-3,7-8,11,16-20,22H2,1H3,(H,39,41)(H2,35,36,37,38)/t24-/m1/s1. The van der Waals surface area contributed by atoms with E-state index in [2.05, 4.69) is 92.0 Å². The van der Waals surface area contributed by atoms with Crippen molar-refractivity contribution in [3.05, 3.63) is 78.1 Å². The minimum Gasteiger partial charge on any atom is -0.363 e. The fourth-order valence-electron chi connectivity index (χ4n) is 5.71. The molecule has 42 heavy (non-hydrogen) atoms. The third-order valence-electron chi connectivity index (χ3n) is 8.23. The summed E-state index contributed by atoms with van der Waals surface area (Å²) in [4.78, 5) is 26.1. The maximum Gasteiger partial charge on any atom is 0.243 e. The van der Waals surface area contributed by atoms with E-state index in [1.807, 2.05) is 6.07 Å². The van der Waals surface area contributed by atoms with Gasteiger partial charge < -0.3 is 15.6 Å². The minimum atomic E-state index is -0.295. The zero-order valence-electron chi connectivity index (χ0n) is 24.5. The molecule has 2 aromatic heterocycles. The van der Waals surface area contributed by atoms with E-state index in [1.54, 1.807) is 11.8 Å². The number of carbonyl (C=O) groups is 1. The molecular weight excluding hydrogens is 526 g/mol. The summed E-state index contributed by atoms with van der Waals surface area (Å²) in [7, 11) is 0. The monoisotopic (exact) mass is 569 g/mol. The van der Waals surface area contributed by atoms with Crippen LogP contribution >= 0.6 is 0 Å². The molecule has 0 unspecified atom stereocenters. The van der Waals surface area contributed by atoms with Gasteiger partial charge in [0.2, 0.25) is 5.91 Å². The molecule has 9 heteroatoms. The van der Waals surface area contributed by atoms with Crippen LogP contribution in [0.5, 0.6) is 0 Å². The second-order valence-electron chi connectivity index (χ2n) is 11.3. The number of hydrogen-bond acceptors (Lipinski definition) is 7. The van der Waals surface area contributed by atoms with Gasteiger partial charge in [0.1, 0.15) is 17.8 Å². The molecule has 0 spiro atoms. The fourth-order valence-corrected chi connectivity index (χ4v) is 5.71. The first-order chi connectivity index (χ1) is 20.6. The Hall–Kier alpha value is -3.79. The number of anilines is 1. The third-order valence-corrected chi connectivity index (χ3v) is 8.23. The van der Waals surface area contributed by atoms with Crippen LogP contribution in [-0.2, 0) is 11.3 Å². The van der Waals surface area contributed by atoms with E-state index in [-0.39, 0.29) is 11.9 Å². The van der Waals surface area contributed by atoms with Gasteiger partial charge in [0, 0.05) is 30.7 Å². The Morgan fingerprint density at radius 1 is 1.02 bits per heavy atom. The smallest absolute Gasteiger partial charge is 0.243 e. The van der Waals surface area contributed by atoms with E-state index in [4.69, 9.17) is 5.21 Å². The summed E-state index contributed by atoms with van der Waals surface area (Å²) < 4.78 is 0. The number of likely N-dealkylation sites (tertiary alicyclic amines) is 1. The first kappa shape index (κ1) is 29.7. The molecule has 1 saturated heterocycles. The van der Waals surface area contributed by atoms with Gasteiger partial charge in [0.25, 0.3) is 0 Å². The number of hydroxylamine groups is 1. The predicted octanol–water partition coefficient (Wildman–Crippen LogP) is 5.81. The van der Waals surface area contributed by atoms with Crippen molar-refractivity contribution in [3.63, 3.8) is 0 Å².